The number of aliphatic carboxylic acids is 1. The number of carboxylic acids is 1. The molecule has 0 radical (unpaired) electrons. The zero-order valence-electron chi connectivity index (χ0n) is 9.95. The average Bonchev–Trinajstić information content (AvgIpc) is 2.62. The second-order valence-corrected chi connectivity index (χ2v) is 6.86. The molecule has 9 heteroatoms. The van der Waals surface area contributed by atoms with Crippen LogP contribution in [0.2, 0.25) is 0 Å². The molecule has 0 aromatic carbocycles. The molecule has 1 N–H and O–H groups in total. The summed E-state index contributed by atoms with van der Waals surface area (Å²) in [5.41, 5.74) is -0.699. The molecule has 5 nitrogen and oxygen atoms in total. The standard InChI is InChI=1S/C9H11Cl3O5.Na/c1-8(2)3(4(8)6(13)14)5(9(10,11)12)17-7(15)16;/h3-5H,1-2H3,(H,13,14)(H,15,16);/q;+1/p-1. The maximum atomic E-state index is 11.0. The smallest absolute Gasteiger partial charge is 0.542 e. The molecular weight excluding hydrogens is 317 g/mol. The second-order valence-electron chi connectivity index (χ2n) is 4.49. The summed E-state index contributed by atoms with van der Waals surface area (Å²) >= 11 is 16.8. The number of rotatable bonds is 3. The van der Waals surface area contributed by atoms with E-state index >= 15 is 0 Å². The van der Waals surface area contributed by atoms with Crippen molar-refractivity contribution in [2.75, 3.05) is 0 Å². The van der Waals surface area contributed by atoms with Gasteiger partial charge in [0.05, 0.1) is 12.0 Å². The largest absolute Gasteiger partial charge is 1.00 e. The van der Waals surface area contributed by atoms with E-state index in [0.29, 0.717) is 0 Å². The van der Waals surface area contributed by atoms with Gasteiger partial charge < -0.3 is 19.7 Å². The summed E-state index contributed by atoms with van der Waals surface area (Å²) in [6, 6.07) is 0. The fourth-order valence-corrected chi connectivity index (χ4v) is 2.70. The van der Waals surface area contributed by atoms with Crippen molar-refractivity contribution in [3.63, 3.8) is 0 Å². The minimum atomic E-state index is -2.04. The van der Waals surface area contributed by atoms with E-state index in [9.17, 15) is 14.7 Å². The van der Waals surface area contributed by atoms with Crippen LogP contribution in [0.5, 0.6) is 0 Å². The van der Waals surface area contributed by atoms with Crippen LogP contribution >= 0.6 is 34.8 Å². The number of hydrogen-bond donors (Lipinski definition) is 1. The molecule has 0 heterocycles. The molecule has 0 spiro atoms. The Morgan fingerprint density at radius 2 is 1.83 bits per heavy atom. The van der Waals surface area contributed by atoms with E-state index in [4.69, 9.17) is 39.9 Å². The SMILES string of the molecule is CC1(C)C(C(=O)O)C1C(OC(=O)[O-])C(Cl)(Cl)Cl.[Na+]. The molecular formula is C9H10Cl3NaO5. The molecule has 0 aromatic rings. The van der Waals surface area contributed by atoms with Gasteiger partial charge in [0.25, 0.3) is 6.16 Å². The van der Waals surface area contributed by atoms with Crippen LogP contribution in [0, 0.1) is 17.3 Å². The summed E-state index contributed by atoms with van der Waals surface area (Å²) in [6.07, 6.45) is -3.22. The van der Waals surface area contributed by atoms with E-state index in [1.54, 1.807) is 13.8 Å². The van der Waals surface area contributed by atoms with Crippen molar-refractivity contribution < 1.29 is 54.1 Å². The zero-order valence-corrected chi connectivity index (χ0v) is 14.2. The zero-order chi connectivity index (χ0) is 13.6. The fraction of sp³-hybridized carbons (Fsp3) is 0.778. The minimum Gasteiger partial charge on any atom is -0.542 e. The molecule has 1 rings (SSSR count). The molecule has 0 aromatic heterocycles. The first-order valence-corrected chi connectivity index (χ1v) is 5.80. The van der Waals surface area contributed by atoms with Gasteiger partial charge >= 0.3 is 35.5 Å². The van der Waals surface area contributed by atoms with Crippen LogP contribution in [0.3, 0.4) is 0 Å². The summed E-state index contributed by atoms with van der Waals surface area (Å²) in [5, 5.41) is 19.4. The number of halogens is 3. The Bertz CT molecular complexity index is 355. The van der Waals surface area contributed by atoms with E-state index in [1.807, 2.05) is 0 Å². The third-order valence-electron chi connectivity index (χ3n) is 3.05. The van der Waals surface area contributed by atoms with E-state index < -0.39 is 39.3 Å². The van der Waals surface area contributed by atoms with Crippen molar-refractivity contribution in [3.05, 3.63) is 0 Å². The Balaban J connectivity index is 0.00000289. The third-order valence-corrected chi connectivity index (χ3v) is 3.69. The second kappa shape index (κ2) is 5.94. The van der Waals surface area contributed by atoms with Crippen molar-refractivity contribution in [2.45, 2.75) is 23.7 Å². The quantitative estimate of drug-likeness (QED) is 0.385. The van der Waals surface area contributed by atoms with Gasteiger partial charge in [-0.2, -0.15) is 0 Å². The fourth-order valence-electron chi connectivity index (χ4n) is 2.16. The van der Waals surface area contributed by atoms with E-state index in [0.717, 1.165) is 0 Å². The molecule has 98 valence electrons. The van der Waals surface area contributed by atoms with Gasteiger partial charge in [-0.15, -0.1) is 0 Å². The number of hydrogen-bond acceptors (Lipinski definition) is 4. The van der Waals surface area contributed by atoms with Crippen molar-refractivity contribution in [2.24, 2.45) is 17.3 Å². The Hall–Kier alpha value is 0.610. The molecule has 0 saturated heterocycles. The van der Waals surface area contributed by atoms with Crippen LogP contribution in [-0.2, 0) is 9.53 Å². The van der Waals surface area contributed by atoms with Gasteiger partial charge in [-0.05, 0) is 5.41 Å². The number of carbonyl (C=O) groups excluding carboxylic acids is 1. The molecule has 0 amide bonds. The molecule has 18 heavy (non-hydrogen) atoms. The number of ether oxygens (including phenoxy) is 1. The van der Waals surface area contributed by atoms with Crippen LogP contribution in [0.4, 0.5) is 4.79 Å². The van der Waals surface area contributed by atoms with Gasteiger partial charge in [0.1, 0.15) is 0 Å². The van der Waals surface area contributed by atoms with Gasteiger partial charge in [-0.25, -0.2) is 0 Å². The predicted octanol–water partition coefficient (Wildman–Crippen LogP) is -1.55. The summed E-state index contributed by atoms with van der Waals surface area (Å²) in [4.78, 5) is 21.4. The molecule has 3 unspecified atom stereocenters. The Kier molecular flexibility index (Phi) is 6.14. The molecule has 1 aliphatic rings. The first-order valence-electron chi connectivity index (χ1n) is 4.66. The van der Waals surface area contributed by atoms with Crippen LogP contribution in [0.25, 0.3) is 0 Å². The molecule has 3 atom stereocenters. The van der Waals surface area contributed by atoms with E-state index in [-0.39, 0.29) is 29.6 Å². The predicted molar refractivity (Wildman–Crippen MR) is 59.0 cm³/mol. The first kappa shape index (κ1) is 18.6. The Labute approximate surface area is 141 Å². The van der Waals surface area contributed by atoms with Crippen LogP contribution in [0.1, 0.15) is 13.8 Å². The number of alkyl halides is 3. The molecule has 0 bridgehead atoms. The number of carboxylic acid groups (broad SMARTS) is 2. The summed E-state index contributed by atoms with van der Waals surface area (Å²) in [6.45, 7) is 3.27. The minimum absolute atomic E-state index is 0. The van der Waals surface area contributed by atoms with Crippen LogP contribution in [0.15, 0.2) is 0 Å². The molecule has 1 saturated carbocycles. The normalized spacial score (nSPS) is 26.7. The summed E-state index contributed by atoms with van der Waals surface area (Å²) in [5.74, 6) is -2.60. The third kappa shape index (κ3) is 3.81. The van der Waals surface area contributed by atoms with Gasteiger partial charge in [-0.1, -0.05) is 48.7 Å². The van der Waals surface area contributed by atoms with Gasteiger partial charge in [0.15, 0.2) is 0 Å². The van der Waals surface area contributed by atoms with Crippen molar-refractivity contribution in [1.82, 2.24) is 0 Å². The summed E-state index contributed by atoms with van der Waals surface area (Å²) in [7, 11) is 0. The van der Waals surface area contributed by atoms with Gasteiger partial charge in [-0.3, -0.25) is 4.79 Å². The monoisotopic (exact) mass is 326 g/mol. The maximum absolute atomic E-state index is 11.0. The topological polar surface area (TPSA) is 86.7 Å². The maximum Gasteiger partial charge on any atom is 1.00 e. The molecule has 1 fully saturated rings. The number of carbonyl (C=O) groups is 2. The van der Waals surface area contributed by atoms with E-state index in [2.05, 4.69) is 4.74 Å². The Morgan fingerprint density at radius 3 is 2.06 bits per heavy atom. The van der Waals surface area contributed by atoms with Gasteiger partial charge in [0, 0.05) is 5.92 Å². The first-order chi connectivity index (χ1) is 7.49. The van der Waals surface area contributed by atoms with Crippen molar-refractivity contribution in [3.8, 4) is 0 Å². The molecule has 0 aliphatic heterocycles. The van der Waals surface area contributed by atoms with E-state index in [1.165, 1.54) is 0 Å². The summed E-state index contributed by atoms with van der Waals surface area (Å²) < 4.78 is 2.37. The van der Waals surface area contributed by atoms with Crippen molar-refractivity contribution >= 4 is 46.9 Å². The molecule has 1 aliphatic carbocycles. The van der Waals surface area contributed by atoms with Crippen LogP contribution in [-0.4, -0.2) is 27.1 Å². The average molecular weight is 328 g/mol. The van der Waals surface area contributed by atoms with Gasteiger partial charge in [0.2, 0.25) is 3.79 Å². The Morgan fingerprint density at radius 1 is 1.39 bits per heavy atom. The van der Waals surface area contributed by atoms with Crippen LogP contribution < -0.4 is 34.7 Å². The van der Waals surface area contributed by atoms with Crippen molar-refractivity contribution in [1.29, 1.82) is 0 Å².